The van der Waals surface area contributed by atoms with Crippen LogP contribution in [0.15, 0.2) is 0 Å². The predicted octanol–water partition coefficient (Wildman–Crippen LogP) is -0.510. The fourth-order valence-corrected chi connectivity index (χ4v) is 2.82. The van der Waals surface area contributed by atoms with Gasteiger partial charge in [0.1, 0.15) is 0 Å². The van der Waals surface area contributed by atoms with Crippen molar-refractivity contribution >= 4 is 11.8 Å². The second-order valence-electron chi connectivity index (χ2n) is 5.35. The zero-order chi connectivity index (χ0) is 13.8. The lowest BCUT2D eigenvalue weighted by Crippen LogP contribution is -2.50. The third-order valence-corrected chi connectivity index (χ3v) is 3.94. The number of methoxy groups -OCH3 is 1. The minimum absolute atomic E-state index is 0.00479. The molecule has 2 saturated heterocycles. The highest BCUT2D eigenvalue weighted by atomic mass is 16.5. The van der Waals surface area contributed by atoms with Crippen LogP contribution in [-0.4, -0.2) is 61.6 Å². The summed E-state index contributed by atoms with van der Waals surface area (Å²) in [6.07, 6.45) is 2.57. The number of ether oxygens (including phenoxy) is 1. The van der Waals surface area contributed by atoms with E-state index >= 15 is 0 Å². The van der Waals surface area contributed by atoms with Gasteiger partial charge in [0.15, 0.2) is 0 Å². The number of rotatable bonds is 3. The molecule has 6 nitrogen and oxygen atoms in total. The molecule has 108 valence electrons. The van der Waals surface area contributed by atoms with Crippen molar-refractivity contribution in [2.75, 3.05) is 26.7 Å². The van der Waals surface area contributed by atoms with Gasteiger partial charge in [-0.05, 0) is 19.3 Å². The smallest absolute Gasteiger partial charge is 0.239 e. The highest BCUT2D eigenvalue weighted by Crippen LogP contribution is 2.16. The molecule has 2 N–H and O–H groups in total. The van der Waals surface area contributed by atoms with Crippen molar-refractivity contribution in [2.24, 2.45) is 0 Å². The Kier molecular flexibility index (Phi) is 4.76. The fourth-order valence-electron chi connectivity index (χ4n) is 2.82. The van der Waals surface area contributed by atoms with E-state index in [2.05, 4.69) is 10.6 Å². The van der Waals surface area contributed by atoms with Gasteiger partial charge in [0.05, 0.1) is 12.1 Å². The van der Waals surface area contributed by atoms with Crippen molar-refractivity contribution in [3.63, 3.8) is 0 Å². The van der Waals surface area contributed by atoms with Crippen LogP contribution in [0.5, 0.6) is 0 Å². The minimum atomic E-state index is -0.109. The second kappa shape index (κ2) is 6.34. The largest absolute Gasteiger partial charge is 0.380 e. The average molecular weight is 269 g/mol. The summed E-state index contributed by atoms with van der Waals surface area (Å²) in [7, 11) is 1.68. The quantitative estimate of drug-likeness (QED) is 0.724. The molecule has 0 aromatic carbocycles. The Morgan fingerprint density at radius 2 is 2.00 bits per heavy atom. The Morgan fingerprint density at radius 1 is 1.32 bits per heavy atom. The van der Waals surface area contributed by atoms with Crippen molar-refractivity contribution in [2.45, 2.75) is 44.4 Å². The normalized spacial score (nSPS) is 28.4. The van der Waals surface area contributed by atoms with Crippen molar-refractivity contribution in [1.29, 1.82) is 0 Å². The molecule has 2 fully saturated rings. The van der Waals surface area contributed by atoms with Gasteiger partial charge >= 0.3 is 0 Å². The highest BCUT2D eigenvalue weighted by molar-refractivity contribution is 5.82. The van der Waals surface area contributed by atoms with Crippen molar-refractivity contribution in [3.8, 4) is 0 Å². The number of nitrogens with one attached hydrogen (secondary N) is 2. The van der Waals surface area contributed by atoms with Gasteiger partial charge in [0.25, 0.3) is 0 Å². The van der Waals surface area contributed by atoms with E-state index in [1.54, 1.807) is 7.11 Å². The van der Waals surface area contributed by atoms with Crippen LogP contribution in [0, 0.1) is 0 Å². The van der Waals surface area contributed by atoms with E-state index in [9.17, 15) is 9.59 Å². The molecule has 2 atom stereocenters. The van der Waals surface area contributed by atoms with Crippen LogP contribution in [0.25, 0.3) is 0 Å². The standard InChI is InChI=1S/C13H23N3O3/c1-9(17)15-10-3-5-16(6-4-10)13(18)12-7-11(19-2)8-14-12/h10-12,14H,3-8H2,1-2H3,(H,15,17). The summed E-state index contributed by atoms with van der Waals surface area (Å²) in [4.78, 5) is 25.2. The lowest BCUT2D eigenvalue weighted by molar-refractivity contribution is -0.134. The number of piperidine rings is 1. The van der Waals surface area contributed by atoms with Gasteiger partial charge in [-0.1, -0.05) is 0 Å². The maximum Gasteiger partial charge on any atom is 0.239 e. The molecule has 0 saturated carbocycles. The van der Waals surface area contributed by atoms with Gasteiger partial charge in [0, 0.05) is 39.7 Å². The topological polar surface area (TPSA) is 70.7 Å². The van der Waals surface area contributed by atoms with Crippen LogP contribution in [0.2, 0.25) is 0 Å². The SMILES string of the molecule is COC1CNC(C(=O)N2CCC(NC(C)=O)CC2)C1. The Bertz CT molecular complexity index is 340. The molecule has 6 heteroatoms. The molecule has 0 bridgehead atoms. The molecule has 0 aromatic heterocycles. The first-order chi connectivity index (χ1) is 9.10. The zero-order valence-electron chi connectivity index (χ0n) is 11.6. The summed E-state index contributed by atoms with van der Waals surface area (Å²) in [5, 5.41) is 6.13. The molecular formula is C13H23N3O3. The van der Waals surface area contributed by atoms with Crippen LogP contribution in [-0.2, 0) is 14.3 Å². The molecule has 0 radical (unpaired) electrons. The Balaban J connectivity index is 1.78. The van der Waals surface area contributed by atoms with E-state index in [0.717, 1.165) is 38.9 Å². The van der Waals surface area contributed by atoms with E-state index in [4.69, 9.17) is 4.74 Å². The van der Waals surface area contributed by atoms with E-state index in [0.29, 0.717) is 0 Å². The van der Waals surface area contributed by atoms with Gasteiger partial charge in [-0.25, -0.2) is 0 Å². The lowest BCUT2D eigenvalue weighted by atomic mass is 10.0. The summed E-state index contributed by atoms with van der Waals surface area (Å²) >= 11 is 0. The summed E-state index contributed by atoms with van der Waals surface area (Å²) in [6.45, 7) is 3.72. The van der Waals surface area contributed by atoms with Gasteiger partial charge in [-0.15, -0.1) is 0 Å². The van der Waals surface area contributed by atoms with E-state index in [1.807, 2.05) is 4.90 Å². The summed E-state index contributed by atoms with van der Waals surface area (Å²) < 4.78 is 5.26. The predicted molar refractivity (Wildman–Crippen MR) is 70.6 cm³/mol. The third-order valence-electron chi connectivity index (χ3n) is 3.94. The second-order valence-corrected chi connectivity index (χ2v) is 5.35. The average Bonchev–Trinajstić information content (AvgIpc) is 2.87. The number of amides is 2. The monoisotopic (exact) mass is 269 g/mol. The fraction of sp³-hybridized carbons (Fsp3) is 0.846. The van der Waals surface area contributed by atoms with Crippen LogP contribution in [0.1, 0.15) is 26.2 Å². The first-order valence-corrected chi connectivity index (χ1v) is 6.92. The molecule has 2 unspecified atom stereocenters. The number of nitrogens with zero attached hydrogens (tertiary/aromatic N) is 1. The van der Waals surface area contributed by atoms with E-state index < -0.39 is 0 Å². The first kappa shape index (κ1) is 14.3. The molecule has 2 rings (SSSR count). The Hall–Kier alpha value is -1.14. The molecular weight excluding hydrogens is 246 g/mol. The number of carbonyl (C=O) groups is 2. The van der Waals surface area contributed by atoms with Gasteiger partial charge in [-0.3, -0.25) is 9.59 Å². The van der Waals surface area contributed by atoms with Crippen LogP contribution < -0.4 is 10.6 Å². The van der Waals surface area contributed by atoms with Crippen molar-refractivity contribution < 1.29 is 14.3 Å². The maximum absolute atomic E-state index is 12.3. The number of carbonyl (C=O) groups excluding carboxylic acids is 2. The molecule has 0 spiro atoms. The molecule has 0 aliphatic carbocycles. The first-order valence-electron chi connectivity index (χ1n) is 6.92. The Morgan fingerprint density at radius 3 is 2.53 bits per heavy atom. The number of hydrogen-bond acceptors (Lipinski definition) is 4. The summed E-state index contributed by atoms with van der Waals surface area (Å²) in [5.41, 5.74) is 0. The number of likely N-dealkylation sites (tertiary alicyclic amines) is 1. The minimum Gasteiger partial charge on any atom is -0.380 e. The van der Waals surface area contributed by atoms with Crippen LogP contribution in [0.4, 0.5) is 0 Å². The Labute approximate surface area is 113 Å². The molecule has 0 aromatic rings. The molecule has 19 heavy (non-hydrogen) atoms. The number of hydrogen-bond donors (Lipinski definition) is 2. The van der Waals surface area contributed by atoms with Gasteiger partial charge in [0.2, 0.25) is 11.8 Å². The summed E-state index contributed by atoms with van der Waals surface area (Å²) in [5.74, 6) is 0.172. The van der Waals surface area contributed by atoms with Gasteiger partial charge in [-0.2, -0.15) is 0 Å². The molecule has 2 aliphatic rings. The van der Waals surface area contributed by atoms with Crippen LogP contribution >= 0.6 is 0 Å². The van der Waals surface area contributed by atoms with Crippen LogP contribution in [0.3, 0.4) is 0 Å². The van der Waals surface area contributed by atoms with Crippen molar-refractivity contribution in [3.05, 3.63) is 0 Å². The molecule has 2 amide bonds. The molecule has 2 heterocycles. The summed E-state index contributed by atoms with van der Waals surface area (Å²) in [6, 6.07) is 0.104. The highest BCUT2D eigenvalue weighted by Gasteiger charge is 2.33. The maximum atomic E-state index is 12.3. The zero-order valence-corrected chi connectivity index (χ0v) is 11.6. The van der Waals surface area contributed by atoms with E-state index in [1.165, 1.54) is 6.92 Å². The third kappa shape index (κ3) is 3.67. The van der Waals surface area contributed by atoms with E-state index in [-0.39, 0.29) is 30.0 Å². The lowest BCUT2D eigenvalue weighted by Gasteiger charge is -2.33. The molecule has 2 aliphatic heterocycles. The van der Waals surface area contributed by atoms with Crippen molar-refractivity contribution in [1.82, 2.24) is 15.5 Å². The van der Waals surface area contributed by atoms with Gasteiger partial charge < -0.3 is 20.3 Å².